The fourth-order valence-corrected chi connectivity index (χ4v) is 4.84. The Bertz CT molecular complexity index is 1580. The van der Waals surface area contributed by atoms with E-state index >= 15 is 0 Å². The van der Waals surface area contributed by atoms with Gasteiger partial charge in [-0.25, -0.2) is 15.0 Å². The molecule has 2 aromatic carbocycles. The highest BCUT2D eigenvalue weighted by Gasteiger charge is 2.25. The van der Waals surface area contributed by atoms with E-state index in [4.69, 9.17) is 31.3 Å². The second-order valence-electron chi connectivity index (χ2n) is 8.47. The molecule has 1 atom stereocenters. The summed E-state index contributed by atoms with van der Waals surface area (Å²) in [6.45, 7) is 3.54. The second kappa shape index (κ2) is 7.93. The van der Waals surface area contributed by atoms with Crippen LogP contribution in [0.25, 0.3) is 33.2 Å². The maximum Gasteiger partial charge on any atom is 0.265 e. The molecule has 33 heavy (non-hydrogen) atoms. The lowest BCUT2D eigenvalue weighted by molar-refractivity contribution is 0.0987. The average molecular weight is 460 g/mol. The van der Waals surface area contributed by atoms with Gasteiger partial charge in [-0.05, 0) is 43.5 Å². The Morgan fingerprint density at radius 2 is 1.76 bits per heavy atom. The predicted octanol–water partition coefficient (Wildman–Crippen LogP) is 4.48. The van der Waals surface area contributed by atoms with Crippen LogP contribution in [0.2, 0.25) is 5.02 Å². The van der Waals surface area contributed by atoms with Crippen molar-refractivity contribution in [3.8, 4) is 0 Å². The molecule has 0 bridgehead atoms. The summed E-state index contributed by atoms with van der Waals surface area (Å²) >= 11 is 6.38. The first-order valence-corrected chi connectivity index (χ1v) is 11.5. The number of ether oxygens (including phenoxy) is 1. The molecule has 3 aromatic heterocycles. The van der Waals surface area contributed by atoms with E-state index in [9.17, 15) is 4.79 Å². The van der Waals surface area contributed by atoms with E-state index in [1.807, 2.05) is 60.0 Å². The van der Waals surface area contributed by atoms with Gasteiger partial charge in [-0.2, -0.15) is 0 Å². The summed E-state index contributed by atoms with van der Waals surface area (Å²) in [6.07, 6.45) is 2.09. The monoisotopic (exact) mass is 459 g/mol. The minimum absolute atomic E-state index is 0.0738. The third kappa shape index (κ3) is 3.39. The van der Waals surface area contributed by atoms with Crippen molar-refractivity contribution in [3.63, 3.8) is 0 Å². The zero-order valence-corrected chi connectivity index (χ0v) is 18.9. The first-order valence-electron chi connectivity index (χ1n) is 11.1. The Morgan fingerprint density at radius 3 is 2.52 bits per heavy atom. The molecular formula is C25H22ClN5O2. The minimum Gasteiger partial charge on any atom is -0.376 e. The summed E-state index contributed by atoms with van der Waals surface area (Å²) < 4.78 is 9.56. The average Bonchev–Trinajstić information content (AvgIpc) is 3.43. The second-order valence-corrected chi connectivity index (χ2v) is 8.88. The van der Waals surface area contributed by atoms with Crippen LogP contribution in [-0.2, 0) is 17.8 Å². The quantitative estimate of drug-likeness (QED) is 0.396. The van der Waals surface area contributed by atoms with E-state index in [1.165, 1.54) is 0 Å². The summed E-state index contributed by atoms with van der Waals surface area (Å²) in [7, 11) is 0. The maximum atomic E-state index is 13.8. The van der Waals surface area contributed by atoms with Gasteiger partial charge in [0.2, 0.25) is 0 Å². The van der Waals surface area contributed by atoms with Gasteiger partial charge in [-0.1, -0.05) is 41.9 Å². The number of benzene rings is 2. The highest BCUT2D eigenvalue weighted by molar-refractivity contribution is 6.31. The van der Waals surface area contributed by atoms with Crippen LogP contribution in [-0.4, -0.2) is 36.8 Å². The van der Waals surface area contributed by atoms with Crippen LogP contribution < -0.4 is 5.56 Å². The Balaban J connectivity index is 1.63. The highest BCUT2D eigenvalue weighted by Crippen LogP contribution is 2.28. The molecule has 1 aliphatic rings. The number of hydrogen-bond acceptors (Lipinski definition) is 5. The molecule has 8 heteroatoms. The zero-order chi connectivity index (χ0) is 22.5. The Morgan fingerprint density at radius 1 is 1.00 bits per heavy atom. The van der Waals surface area contributed by atoms with Gasteiger partial charge in [0.1, 0.15) is 16.7 Å². The van der Waals surface area contributed by atoms with Crippen LogP contribution in [0.3, 0.4) is 0 Å². The maximum absolute atomic E-state index is 13.8. The van der Waals surface area contributed by atoms with E-state index in [0.29, 0.717) is 46.1 Å². The molecule has 0 N–H and O–H groups in total. The molecule has 0 amide bonds. The van der Waals surface area contributed by atoms with Crippen molar-refractivity contribution in [1.29, 1.82) is 0 Å². The lowest BCUT2D eigenvalue weighted by atomic mass is 10.2. The molecule has 1 fully saturated rings. The highest BCUT2D eigenvalue weighted by atomic mass is 35.5. The van der Waals surface area contributed by atoms with Crippen LogP contribution in [0.4, 0.5) is 0 Å². The molecular weight excluding hydrogens is 438 g/mol. The van der Waals surface area contributed by atoms with E-state index in [-0.39, 0.29) is 11.7 Å². The van der Waals surface area contributed by atoms with Gasteiger partial charge in [-0.3, -0.25) is 9.36 Å². The Kier molecular flexibility index (Phi) is 4.89. The van der Waals surface area contributed by atoms with Gasteiger partial charge in [-0.15, -0.1) is 0 Å². The molecule has 1 saturated heterocycles. The molecule has 1 aliphatic heterocycles. The summed E-state index contributed by atoms with van der Waals surface area (Å²) in [4.78, 5) is 28.5. The first-order chi connectivity index (χ1) is 16.1. The van der Waals surface area contributed by atoms with Gasteiger partial charge in [0.05, 0.1) is 30.2 Å². The molecule has 0 aliphatic carbocycles. The summed E-state index contributed by atoms with van der Waals surface area (Å²) in [5, 5.41) is 1.11. The number of fused-ring (bicyclic) bond motifs is 4. The van der Waals surface area contributed by atoms with Crippen molar-refractivity contribution in [2.75, 3.05) is 6.61 Å². The summed E-state index contributed by atoms with van der Waals surface area (Å²) in [5.41, 5.74) is 4.11. The Hall–Kier alpha value is -3.29. The lowest BCUT2D eigenvalue weighted by Crippen LogP contribution is -2.25. The van der Waals surface area contributed by atoms with Crippen molar-refractivity contribution in [2.24, 2.45) is 0 Å². The fourth-order valence-electron chi connectivity index (χ4n) is 4.64. The van der Waals surface area contributed by atoms with E-state index in [2.05, 4.69) is 0 Å². The van der Waals surface area contributed by atoms with Gasteiger partial charge >= 0.3 is 0 Å². The number of aromatic nitrogens is 5. The molecule has 6 rings (SSSR count). The van der Waals surface area contributed by atoms with Crippen LogP contribution in [0.5, 0.6) is 0 Å². The van der Waals surface area contributed by atoms with Crippen molar-refractivity contribution in [3.05, 3.63) is 75.3 Å². The zero-order valence-electron chi connectivity index (χ0n) is 18.2. The molecule has 166 valence electrons. The van der Waals surface area contributed by atoms with Gasteiger partial charge < -0.3 is 9.30 Å². The van der Waals surface area contributed by atoms with Crippen molar-refractivity contribution >= 4 is 44.8 Å². The lowest BCUT2D eigenvalue weighted by Gasteiger charge is -2.14. The molecule has 0 spiro atoms. The van der Waals surface area contributed by atoms with Crippen LogP contribution in [0.1, 0.15) is 24.2 Å². The minimum atomic E-state index is -0.141. The van der Waals surface area contributed by atoms with Crippen LogP contribution in [0, 0.1) is 6.92 Å². The number of rotatable bonds is 4. The SMILES string of the molecule is Cc1nc2c(c(=O)n1Cc1ccccc1Cl)c1nc3ccccc3nc1n2C[C@H]1CCCO1. The topological polar surface area (TPSA) is 74.8 Å². The summed E-state index contributed by atoms with van der Waals surface area (Å²) in [5.74, 6) is 0.619. The smallest absolute Gasteiger partial charge is 0.265 e. The van der Waals surface area contributed by atoms with Crippen molar-refractivity contribution in [2.45, 2.75) is 39.0 Å². The number of aryl methyl sites for hydroxylation is 1. The predicted molar refractivity (Wildman–Crippen MR) is 129 cm³/mol. The number of para-hydroxylation sites is 2. The molecule has 0 unspecified atom stereocenters. The van der Waals surface area contributed by atoms with Crippen LogP contribution in [0.15, 0.2) is 53.3 Å². The largest absolute Gasteiger partial charge is 0.376 e. The van der Waals surface area contributed by atoms with Crippen LogP contribution >= 0.6 is 11.6 Å². The van der Waals surface area contributed by atoms with E-state index < -0.39 is 0 Å². The molecule has 0 saturated carbocycles. The summed E-state index contributed by atoms with van der Waals surface area (Å²) in [6, 6.07) is 15.3. The molecule has 0 radical (unpaired) electrons. The van der Waals surface area contributed by atoms with Gasteiger partial charge in [0.25, 0.3) is 5.56 Å². The Labute approximate surface area is 194 Å². The number of halogens is 1. The van der Waals surface area contributed by atoms with Gasteiger partial charge in [0.15, 0.2) is 11.3 Å². The third-order valence-corrected chi connectivity index (χ3v) is 6.71. The number of nitrogens with zero attached hydrogens (tertiary/aromatic N) is 5. The molecule has 4 heterocycles. The van der Waals surface area contributed by atoms with Crippen molar-refractivity contribution in [1.82, 2.24) is 24.1 Å². The van der Waals surface area contributed by atoms with Crippen molar-refractivity contribution < 1.29 is 4.74 Å². The first kappa shape index (κ1) is 20.3. The van der Waals surface area contributed by atoms with Gasteiger partial charge in [0, 0.05) is 11.6 Å². The fraction of sp³-hybridized carbons (Fsp3) is 0.280. The standard InChI is InChI=1S/C25H22ClN5O2/c1-15-27-23-21(25(32)30(15)13-16-7-2-3-9-18(16)26)22-24(31(23)14-17-8-6-12-33-17)29-20-11-5-4-10-19(20)28-22/h2-5,7,9-11,17H,6,8,12-14H2,1H3/t17-/m1/s1. The molecule has 7 nitrogen and oxygen atoms in total. The van der Waals surface area contributed by atoms with E-state index in [1.54, 1.807) is 4.57 Å². The third-order valence-electron chi connectivity index (χ3n) is 6.34. The normalized spacial score (nSPS) is 16.4. The van der Waals surface area contributed by atoms with E-state index in [0.717, 1.165) is 36.0 Å². The molecule has 5 aromatic rings. The number of hydrogen-bond donors (Lipinski definition) is 0.